The number of halogens is 1. The van der Waals surface area contributed by atoms with Gasteiger partial charge in [-0.1, -0.05) is 84.0 Å². The number of unbranched alkanes of at least 4 members (excludes halogenated alkanes) is 13. The maximum absolute atomic E-state index is 5.92. The van der Waals surface area contributed by atoms with Crippen molar-refractivity contribution in [1.29, 1.82) is 0 Å². The Morgan fingerprint density at radius 1 is 0.571 bits per heavy atom. The van der Waals surface area contributed by atoms with Crippen LogP contribution >= 0.6 is 0 Å². The largest absolute Gasteiger partial charge is 1.00 e. The molecule has 130 valence electrons. The maximum Gasteiger partial charge on any atom is 0.0955 e. The summed E-state index contributed by atoms with van der Waals surface area (Å²) in [6.45, 7) is 3.40. The Labute approximate surface area is 145 Å². The van der Waals surface area contributed by atoms with Gasteiger partial charge in [-0.3, -0.25) is 4.59 Å². The lowest BCUT2D eigenvalue weighted by molar-refractivity contribution is -0.902. The highest BCUT2D eigenvalue weighted by atomic mass is 79.9. The fourth-order valence-corrected chi connectivity index (χ4v) is 2.71. The molecule has 0 fully saturated rings. The molecule has 0 aromatic rings. The minimum atomic E-state index is 0. The van der Waals surface area contributed by atoms with Gasteiger partial charge in [0.1, 0.15) is 0 Å². The molecule has 0 radical (unpaired) electrons. The predicted molar refractivity (Wildman–Crippen MR) is 91.5 cm³/mol. The highest BCUT2D eigenvalue weighted by Crippen LogP contribution is 2.13. The molecule has 2 nitrogen and oxygen atoms in total. The number of hydrogen-bond acceptors (Lipinski definition) is 1. The van der Waals surface area contributed by atoms with E-state index in [2.05, 4.69) is 21.0 Å². The Balaban J connectivity index is 0. The number of nitrogens with zero attached hydrogens (tertiary/aromatic N) is 1. The van der Waals surface area contributed by atoms with E-state index >= 15 is 0 Å². The van der Waals surface area contributed by atoms with Crippen LogP contribution in [0.25, 0.3) is 0 Å². The van der Waals surface area contributed by atoms with Crippen LogP contribution < -0.4 is 22.8 Å². The van der Waals surface area contributed by atoms with Gasteiger partial charge in [-0.2, -0.15) is 5.84 Å². The van der Waals surface area contributed by atoms with Gasteiger partial charge in [-0.05, 0) is 12.8 Å². The van der Waals surface area contributed by atoms with Crippen molar-refractivity contribution in [3.05, 3.63) is 0 Å². The second kappa shape index (κ2) is 16.8. The monoisotopic (exact) mass is 364 g/mol. The normalized spacial score (nSPS) is 11.4. The van der Waals surface area contributed by atoms with Crippen LogP contribution in [0.1, 0.15) is 96.8 Å². The molecule has 0 amide bonds. The van der Waals surface area contributed by atoms with Crippen LogP contribution in [0, 0.1) is 0 Å². The van der Waals surface area contributed by atoms with E-state index in [1.165, 1.54) is 89.9 Å². The summed E-state index contributed by atoms with van der Waals surface area (Å²) >= 11 is 0. The summed E-state index contributed by atoms with van der Waals surface area (Å²) in [5, 5.41) is 0. The van der Waals surface area contributed by atoms with Crippen LogP contribution in [-0.2, 0) is 0 Å². The van der Waals surface area contributed by atoms with Crippen LogP contribution in [0.3, 0.4) is 0 Å². The van der Waals surface area contributed by atoms with E-state index < -0.39 is 0 Å². The number of quaternary nitrogens is 1. The summed E-state index contributed by atoms with van der Waals surface area (Å²) in [5.74, 6) is 5.92. The molecule has 3 heteroatoms. The standard InChI is InChI=1S/C18H41N2.BrH/c1-4-5-6-7-8-9-10-11-12-13-14-15-16-17-18-20(2,3)19;/h4-19H2,1-3H3;1H/q+1;/p-1. The topological polar surface area (TPSA) is 26.0 Å². The fourth-order valence-electron chi connectivity index (χ4n) is 2.71. The molecule has 0 aliphatic heterocycles. The van der Waals surface area contributed by atoms with Gasteiger partial charge in [-0.15, -0.1) is 0 Å². The molecular formula is C18H41BrN2. The van der Waals surface area contributed by atoms with Crippen molar-refractivity contribution in [3.8, 4) is 0 Å². The van der Waals surface area contributed by atoms with Crippen LogP contribution in [0.15, 0.2) is 0 Å². The van der Waals surface area contributed by atoms with Crippen molar-refractivity contribution >= 4 is 0 Å². The molecule has 2 N–H and O–H groups in total. The summed E-state index contributed by atoms with van der Waals surface area (Å²) < 4.78 is 0.623. The lowest BCUT2D eigenvalue weighted by atomic mass is 10.0. The fraction of sp³-hybridized carbons (Fsp3) is 1.00. The van der Waals surface area contributed by atoms with Gasteiger partial charge in [0.05, 0.1) is 20.6 Å². The Bertz CT molecular complexity index is 190. The van der Waals surface area contributed by atoms with Crippen molar-refractivity contribution in [2.24, 2.45) is 5.84 Å². The molecule has 0 aliphatic carbocycles. The van der Waals surface area contributed by atoms with Crippen molar-refractivity contribution < 1.29 is 21.6 Å². The van der Waals surface area contributed by atoms with Crippen molar-refractivity contribution in [2.75, 3.05) is 20.6 Å². The van der Waals surface area contributed by atoms with Crippen LogP contribution in [0.5, 0.6) is 0 Å². The molecule has 0 saturated carbocycles. The van der Waals surface area contributed by atoms with Gasteiger partial charge >= 0.3 is 0 Å². The molecule has 0 aliphatic rings. The molecule has 21 heavy (non-hydrogen) atoms. The summed E-state index contributed by atoms with van der Waals surface area (Å²) in [7, 11) is 4.14. The van der Waals surface area contributed by atoms with Gasteiger partial charge in [0, 0.05) is 0 Å². The van der Waals surface area contributed by atoms with E-state index in [9.17, 15) is 0 Å². The molecular weight excluding hydrogens is 324 g/mol. The zero-order valence-corrected chi connectivity index (χ0v) is 16.6. The SMILES string of the molecule is CCCCCCCCCCCCCCCC[N+](C)(C)N.[Br-]. The predicted octanol–water partition coefficient (Wildman–Crippen LogP) is 2.42. The highest BCUT2D eigenvalue weighted by Gasteiger charge is 2.06. The van der Waals surface area contributed by atoms with E-state index in [-0.39, 0.29) is 17.0 Å². The van der Waals surface area contributed by atoms with Gasteiger partial charge in [0.15, 0.2) is 0 Å². The number of nitrogens with two attached hydrogens (primary N) is 1. The van der Waals surface area contributed by atoms with Crippen molar-refractivity contribution in [1.82, 2.24) is 0 Å². The minimum Gasteiger partial charge on any atom is -1.00 e. The van der Waals surface area contributed by atoms with E-state index in [0.29, 0.717) is 4.59 Å². The maximum atomic E-state index is 5.92. The van der Waals surface area contributed by atoms with Crippen LogP contribution in [0.4, 0.5) is 0 Å². The van der Waals surface area contributed by atoms with E-state index in [1.54, 1.807) is 0 Å². The highest BCUT2D eigenvalue weighted by molar-refractivity contribution is 4.49. The number of hydrogen-bond donors (Lipinski definition) is 1. The lowest BCUT2D eigenvalue weighted by Crippen LogP contribution is -3.00. The summed E-state index contributed by atoms with van der Waals surface area (Å²) in [5.41, 5.74) is 0. The zero-order valence-electron chi connectivity index (χ0n) is 15.0. The van der Waals surface area contributed by atoms with Crippen LogP contribution in [0.2, 0.25) is 0 Å². The van der Waals surface area contributed by atoms with Crippen molar-refractivity contribution in [2.45, 2.75) is 96.8 Å². The molecule has 0 heterocycles. The van der Waals surface area contributed by atoms with E-state index in [0.717, 1.165) is 6.54 Å². The molecule has 0 unspecified atom stereocenters. The first kappa shape index (κ1) is 23.7. The summed E-state index contributed by atoms with van der Waals surface area (Å²) in [4.78, 5) is 0. The van der Waals surface area contributed by atoms with E-state index in [1.807, 2.05) is 0 Å². The third kappa shape index (κ3) is 22.8. The lowest BCUT2D eigenvalue weighted by Gasteiger charge is -2.21. The second-order valence-electron chi connectivity index (χ2n) is 7.10. The Hall–Kier alpha value is 0.400. The van der Waals surface area contributed by atoms with Gasteiger partial charge in [0.25, 0.3) is 0 Å². The molecule has 0 bridgehead atoms. The zero-order chi connectivity index (χ0) is 15.1. The van der Waals surface area contributed by atoms with E-state index in [4.69, 9.17) is 5.84 Å². The minimum absolute atomic E-state index is 0. The third-order valence-electron chi connectivity index (χ3n) is 4.09. The van der Waals surface area contributed by atoms with Crippen molar-refractivity contribution in [3.63, 3.8) is 0 Å². The quantitative estimate of drug-likeness (QED) is 0.205. The first-order chi connectivity index (χ1) is 9.56. The Kier molecular flexibility index (Phi) is 18.9. The van der Waals surface area contributed by atoms with Gasteiger partial charge in [-0.25, -0.2) is 0 Å². The van der Waals surface area contributed by atoms with Gasteiger partial charge in [0.2, 0.25) is 0 Å². The molecule has 0 spiro atoms. The molecule has 0 rings (SSSR count). The summed E-state index contributed by atoms with van der Waals surface area (Å²) in [6.07, 6.45) is 19.9. The second-order valence-corrected chi connectivity index (χ2v) is 7.10. The van der Waals surface area contributed by atoms with Crippen LogP contribution in [-0.4, -0.2) is 25.2 Å². The average molecular weight is 365 g/mol. The Morgan fingerprint density at radius 2 is 0.857 bits per heavy atom. The van der Waals surface area contributed by atoms with Gasteiger partial charge < -0.3 is 17.0 Å². The molecule has 0 saturated heterocycles. The molecule has 0 atom stereocenters. The average Bonchev–Trinajstić information content (AvgIpc) is 2.38. The number of rotatable bonds is 15. The molecule has 0 aromatic heterocycles. The Morgan fingerprint density at radius 3 is 1.14 bits per heavy atom. The smallest absolute Gasteiger partial charge is 0.0955 e. The first-order valence-electron chi connectivity index (χ1n) is 9.18. The third-order valence-corrected chi connectivity index (χ3v) is 4.09. The summed E-state index contributed by atoms with van der Waals surface area (Å²) in [6, 6.07) is 0. The molecule has 0 aromatic carbocycles. The first-order valence-corrected chi connectivity index (χ1v) is 9.18.